The van der Waals surface area contributed by atoms with Crippen LogP contribution in [0.5, 0.6) is 11.5 Å². The molecule has 0 unspecified atom stereocenters. The summed E-state index contributed by atoms with van der Waals surface area (Å²) in [6.45, 7) is 3.65. The molecule has 2 aromatic rings. The highest BCUT2D eigenvalue weighted by Gasteiger charge is 2.16. The number of carbonyl (C=O) groups is 2. The zero-order valence-corrected chi connectivity index (χ0v) is 18.4. The number of hydrogen-bond acceptors (Lipinski definition) is 6. The quantitative estimate of drug-likeness (QED) is 0.324. The van der Waals surface area contributed by atoms with E-state index < -0.39 is 11.9 Å². The normalized spacial score (nSPS) is 10.7. The Labute approximate surface area is 190 Å². The highest BCUT2D eigenvalue weighted by atomic mass is 35.5. The Bertz CT molecular complexity index is 1030. The second-order valence-electron chi connectivity index (χ2n) is 5.99. The Morgan fingerprint density at radius 1 is 1.13 bits per heavy atom. The van der Waals surface area contributed by atoms with Crippen molar-refractivity contribution in [2.24, 2.45) is 0 Å². The molecule has 0 saturated heterocycles. The molecule has 0 aromatic heterocycles. The first-order valence-electron chi connectivity index (χ1n) is 9.31. The predicted octanol–water partition coefficient (Wildman–Crippen LogP) is 4.88. The van der Waals surface area contributed by atoms with Crippen LogP contribution >= 0.6 is 23.2 Å². The number of benzene rings is 2. The van der Waals surface area contributed by atoms with Gasteiger partial charge in [0.2, 0.25) is 0 Å². The van der Waals surface area contributed by atoms with E-state index in [0.29, 0.717) is 22.9 Å². The molecule has 0 aliphatic heterocycles. The highest BCUT2D eigenvalue weighted by Crippen LogP contribution is 2.37. The first-order valence-corrected chi connectivity index (χ1v) is 10.1. The van der Waals surface area contributed by atoms with Crippen LogP contribution in [0.15, 0.2) is 42.0 Å². The van der Waals surface area contributed by atoms with Crippen LogP contribution in [0.2, 0.25) is 10.0 Å². The molecule has 0 bridgehead atoms. The van der Waals surface area contributed by atoms with E-state index in [0.717, 1.165) is 0 Å². The van der Waals surface area contributed by atoms with Crippen LogP contribution in [0.3, 0.4) is 0 Å². The molecule has 162 valence electrons. The van der Waals surface area contributed by atoms with Crippen LogP contribution < -0.4 is 14.8 Å². The molecule has 1 N–H and O–H groups in total. The third-order valence-electron chi connectivity index (χ3n) is 3.73. The Kier molecular flexibility index (Phi) is 9.19. The van der Waals surface area contributed by atoms with Gasteiger partial charge in [-0.3, -0.25) is 4.79 Å². The maximum Gasteiger partial charge on any atom is 0.344 e. The molecule has 9 heteroatoms. The number of esters is 1. The summed E-state index contributed by atoms with van der Waals surface area (Å²) >= 11 is 12.2. The van der Waals surface area contributed by atoms with Crippen LogP contribution in [0.1, 0.15) is 19.4 Å². The number of halogens is 2. The van der Waals surface area contributed by atoms with Crippen LogP contribution in [-0.4, -0.2) is 31.7 Å². The zero-order chi connectivity index (χ0) is 22.8. The monoisotopic (exact) mass is 462 g/mol. The summed E-state index contributed by atoms with van der Waals surface area (Å²) in [5.41, 5.74) is 0.739. The van der Waals surface area contributed by atoms with Crippen molar-refractivity contribution in [2.75, 3.05) is 25.1 Å². The summed E-state index contributed by atoms with van der Waals surface area (Å²) in [4.78, 5) is 24.0. The van der Waals surface area contributed by atoms with Gasteiger partial charge in [0, 0.05) is 10.7 Å². The molecule has 0 atom stereocenters. The number of amides is 1. The van der Waals surface area contributed by atoms with Gasteiger partial charge in [-0.15, -0.1) is 0 Å². The van der Waals surface area contributed by atoms with Crippen LogP contribution in [-0.2, 0) is 14.3 Å². The van der Waals surface area contributed by atoms with E-state index in [1.54, 1.807) is 44.2 Å². The summed E-state index contributed by atoms with van der Waals surface area (Å²) < 4.78 is 15.8. The van der Waals surface area contributed by atoms with Gasteiger partial charge in [0.25, 0.3) is 5.91 Å². The summed E-state index contributed by atoms with van der Waals surface area (Å²) in [5, 5.41) is 12.6. The van der Waals surface area contributed by atoms with Crippen molar-refractivity contribution in [3.8, 4) is 17.6 Å². The van der Waals surface area contributed by atoms with Crippen LogP contribution in [0, 0.1) is 11.3 Å². The highest BCUT2D eigenvalue weighted by molar-refractivity contribution is 6.32. The SMILES string of the molecule is CCOC(=O)COc1c(Cl)cc(/C=C(\C#N)C(=O)Nc2cccc(Cl)c2)cc1OCC. The van der Waals surface area contributed by atoms with Crippen molar-refractivity contribution in [1.82, 2.24) is 0 Å². The molecule has 0 fully saturated rings. The summed E-state index contributed by atoms with van der Waals surface area (Å²) in [6, 6.07) is 11.5. The summed E-state index contributed by atoms with van der Waals surface area (Å²) in [6.07, 6.45) is 1.36. The van der Waals surface area contributed by atoms with Gasteiger partial charge in [-0.2, -0.15) is 5.26 Å². The van der Waals surface area contributed by atoms with Gasteiger partial charge >= 0.3 is 5.97 Å². The molecule has 0 aliphatic carbocycles. The Morgan fingerprint density at radius 2 is 1.90 bits per heavy atom. The molecule has 2 aromatic carbocycles. The lowest BCUT2D eigenvalue weighted by atomic mass is 10.1. The van der Waals surface area contributed by atoms with Gasteiger partial charge < -0.3 is 19.5 Å². The minimum Gasteiger partial charge on any atom is -0.490 e. The molecular formula is C22H20Cl2N2O5. The Balaban J connectivity index is 2.28. The van der Waals surface area contributed by atoms with Crippen molar-refractivity contribution in [3.63, 3.8) is 0 Å². The average molecular weight is 463 g/mol. The van der Waals surface area contributed by atoms with Crippen LogP contribution in [0.4, 0.5) is 5.69 Å². The van der Waals surface area contributed by atoms with E-state index in [4.69, 9.17) is 37.4 Å². The lowest BCUT2D eigenvalue weighted by Gasteiger charge is -2.14. The van der Waals surface area contributed by atoms with E-state index in [2.05, 4.69) is 5.32 Å². The number of nitrogens with one attached hydrogen (secondary N) is 1. The molecular weight excluding hydrogens is 443 g/mol. The first-order chi connectivity index (χ1) is 14.9. The number of nitriles is 1. The van der Waals surface area contributed by atoms with Gasteiger partial charge in [0.05, 0.1) is 18.2 Å². The Morgan fingerprint density at radius 3 is 2.55 bits per heavy atom. The van der Waals surface area contributed by atoms with Crippen molar-refractivity contribution in [3.05, 3.63) is 57.6 Å². The largest absolute Gasteiger partial charge is 0.490 e. The van der Waals surface area contributed by atoms with Crippen molar-refractivity contribution >= 4 is 46.8 Å². The molecule has 2 rings (SSSR count). The summed E-state index contributed by atoms with van der Waals surface area (Å²) in [5.74, 6) is -0.732. The maximum absolute atomic E-state index is 12.5. The molecule has 1 amide bonds. The number of rotatable bonds is 9. The second kappa shape index (κ2) is 11.8. The van der Waals surface area contributed by atoms with Gasteiger partial charge in [-0.05, 0) is 55.8 Å². The van der Waals surface area contributed by atoms with E-state index in [1.165, 1.54) is 12.1 Å². The zero-order valence-electron chi connectivity index (χ0n) is 16.9. The fourth-order valence-electron chi connectivity index (χ4n) is 2.49. The molecule has 0 saturated carbocycles. The second-order valence-corrected chi connectivity index (χ2v) is 6.83. The Hall–Kier alpha value is -3.21. The smallest absolute Gasteiger partial charge is 0.344 e. The van der Waals surface area contributed by atoms with Gasteiger partial charge in [-0.1, -0.05) is 29.3 Å². The van der Waals surface area contributed by atoms with Gasteiger partial charge in [0.1, 0.15) is 11.6 Å². The fourth-order valence-corrected chi connectivity index (χ4v) is 2.95. The van der Waals surface area contributed by atoms with Gasteiger partial charge in [-0.25, -0.2) is 4.79 Å². The lowest BCUT2D eigenvalue weighted by molar-refractivity contribution is -0.145. The van der Waals surface area contributed by atoms with Crippen LogP contribution in [0.25, 0.3) is 6.08 Å². The third-order valence-corrected chi connectivity index (χ3v) is 4.25. The summed E-state index contributed by atoms with van der Waals surface area (Å²) in [7, 11) is 0. The molecule has 31 heavy (non-hydrogen) atoms. The molecule has 0 spiro atoms. The van der Waals surface area contributed by atoms with E-state index >= 15 is 0 Å². The minimum atomic E-state index is -0.610. The topological polar surface area (TPSA) is 97.7 Å². The van der Waals surface area contributed by atoms with E-state index in [-0.39, 0.29) is 35.3 Å². The number of hydrogen-bond donors (Lipinski definition) is 1. The average Bonchev–Trinajstić information content (AvgIpc) is 2.71. The maximum atomic E-state index is 12.5. The van der Waals surface area contributed by atoms with E-state index in [1.807, 2.05) is 6.07 Å². The first kappa shape index (κ1) is 24.1. The lowest BCUT2D eigenvalue weighted by Crippen LogP contribution is -2.15. The van der Waals surface area contributed by atoms with Crippen molar-refractivity contribution in [2.45, 2.75) is 13.8 Å². The minimum absolute atomic E-state index is 0.147. The molecule has 7 nitrogen and oxygen atoms in total. The number of anilines is 1. The fraction of sp³-hybridized carbons (Fsp3) is 0.227. The molecule has 0 aliphatic rings. The number of nitrogens with zero attached hydrogens (tertiary/aromatic N) is 1. The van der Waals surface area contributed by atoms with Crippen molar-refractivity contribution in [1.29, 1.82) is 5.26 Å². The standard InChI is InChI=1S/C22H20Cl2N2O5/c1-3-29-19-10-14(9-18(24)21(19)31-13-20(27)30-4-2)8-15(12-25)22(28)26-17-7-5-6-16(23)11-17/h5-11H,3-4,13H2,1-2H3,(H,26,28)/b15-8+. The predicted molar refractivity (Wildman–Crippen MR) is 118 cm³/mol. The molecule has 0 radical (unpaired) electrons. The molecule has 0 heterocycles. The van der Waals surface area contributed by atoms with E-state index in [9.17, 15) is 14.9 Å². The van der Waals surface area contributed by atoms with Gasteiger partial charge in [0.15, 0.2) is 18.1 Å². The number of ether oxygens (including phenoxy) is 3. The third kappa shape index (κ3) is 7.21. The van der Waals surface area contributed by atoms with Crippen molar-refractivity contribution < 1.29 is 23.8 Å². The number of carbonyl (C=O) groups excluding carboxylic acids is 2.